The quantitative estimate of drug-likeness (QED) is 0.752. The van der Waals surface area contributed by atoms with Crippen molar-refractivity contribution in [2.45, 2.75) is 39.0 Å². The number of carbonyl (C=O) groups excluding carboxylic acids is 2. The molecular weight excluding hydrogens is 427 g/mol. The molecule has 2 aromatic rings. The van der Waals surface area contributed by atoms with E-state index in [1.54, 1.807) is 9.58 Å². The van der Waals surface area contributed by atoms with Crippen molar-refractivity contribution in [3.05, 3.63) is 46.0 Å². The van der Waals surface area contributed by atoms with Crippen LogP contribution in [0.4, 0.5) is 14.9 Å². The normalized spacial score (nSPS) is 16.9. The number of rotatable bonds is 3. The van der Waals surface area contributed by atoms with Gasteiger partial charge in [-0.15, -0.1) is 0 Å². The number of anilines is 1. The molecule has 164 valence electrons. The monoisotopic (exact) mass is 448 g/mol. The topological polar surface area (TPSA) is 103 Å². The van der Waals surface area contributed by atoms with Crippen LogP contribution in [0.15, 0.2) is 23.3 Å². The molecule has 1 atom stereocenters. The van der Waals surface area contributed by atoms with Crippen LogP contribution in [0.5, 0.6) is 0 Å². The number of aromatic nitrogens is 2. The maximum absolute atomic E-state index is 13.4. The van der Waals surface area contributed by atoms with Crippen LogP contribution in [0, 0.1) is 5.82 Å². The molecule has 0 fully saturated rings. The lowest BCUT2D eigenvalue weighted by Crippen LogP contribution is -2.39. The fraction of sp³-hybridized carbons (Fsp3) is 0.400. The third kappa shape index (κ3) is 4.00. The van der Waals surface area contributed by atoms with Crippen LogP contribution in [0.1, 0.15) is 35.1 Å². The van der Waals surface area contributed by atoms with Gasteiger partial charge in [-0.05, 0) is 24.6 Å². The summed E-state index contributed by atoms with van der Waals surface area (Å²) in [5.41, 5.74) is 2.61. The molecule has 11 heteroatoms. The first-order valence-corrected chi connectivity index (χ1v) is 10.3. The molecule has 3 heterocycles. The van der Waals surface area contributed by atoms with Gasteiger partial charge in [0.2, 0.25) is 0 Å². The van der Waals surface area contributed by atoms with Gasteiger partial charge in [-0.3, -0.25) is 9.48 Å². The van der Waals surface area contributed by atoms with Crippen LogP contribution in [0.25, 0.3) is 0 Å². The van der Waals surface area contributed by atoms with Crippen molar-refractivity contribution in [2.75, 3.05) is 18.9 Å². The van der Waals surface area contributed by atoms with E-state index in [1.165, 1.54) is 30.3 Å². The number of aliphatic hydroxyl groups is 1. The van der Waals surface area contributed by atoms with Crippen molar-refractivity contribution in [2.24, 2.45) is 5.10 Å². The van der Waals surface area contributed by atoms with E-state index >= 15 is 0 Å². The van der Waals surface area contributed by atoms with E-state index in [-0.39, 0.29) is 30.1 Å². The summed E-state index contributed by atoms with van der Waals surface area (Å²) in [5, 5.41) is 22.9. The number of fused-ring (bicyclic) bond motifs is 3. The Bertz CT molecular complexity index is 1090. The lowest BCUT2D eigenvalue weighted by atomic mass is 10.0. The van der Waals surface area contributed by atoms with Gasteiger partial charge in [-0.2, -0.15) is 10.2 Å². The van der Waals surface area contributed by atoms with Crippen molar-refractivity contribution in [1.82, 2.24) is 19.7 Å². The van der Waals surface area contributed by atoms with Crippen LogP contribution in [-0.2, 0) is 19.5 Å². The summed E-state index contributed by atoms with van der Waals surface area (Å²) in [5.74, 6) is -0.915. The minimum atomic E-state index is -0.771. The van der Waals surface area contributed by atoms with E-state index < -0.39 is 11.9 Å². The fourth-order valence-electron chi connectivity index (χ4n) is 3.71. The lowest BCUT2D eigenvalue weighted by Gasteiger charge is -2.27. The molecule has 2 aliphatic rings. The highest BCUT2D eigenvalue weighted by molar-refractivity contribution is 6.31. The summed E-state index contributed by atoms with van der Waals surface area (Å²) in [4.78, 5) is 27.3. The number of carbonyl (C=O) groups is 2. The second-order valence-corrected chi connectivity index (χ2v) is 7.91. The maximum atomic E-state index is 13.4. The zero-order valence-corrected chi connectivity index (χ0v) is 17.9. The molecule has 0 saturated carbocycles. The van der Waals surface area contributed by atoms with Gasteiger partial charge in [0.25, 0.3) is 5.91 Å². The molecule has 1 unspecified atom stereocenters. The molecule has 0 aliphatic carbocycles. The summed E-state index contributed by atoms with van der Waals surface area (Å²) in [6.07, 6.45) is 0.179. The molecular formula is C20H22ClFN6O3. The van der Waals surface area contributed by atoms with Gasteiger partial charge in [-0.25, -0.2) is 14.2 Å². The number of nitrogens with zero attached hydrogens (tertiary/aromatic N) is 5. The lowest BCUT2D eigenvalue weighted by molar-refractivity contribution is 0.0789. The van der Waals surface area contributed by atoms with Crippen LogP contribution in [0.2, 0.25) is 5.02 Å². The average molecular weight is 449 g/mol. The van der Waals surface area contributed by atoms with Crippen molar-refractivity contribution in [1.29, 1.82) is 0 Å². The van der Waals surface area contributed by atoms with E-state index in [9.17, 15) is 19.1 Å². The number of nitrogens with one attached hydrogen (secondary N) is 1. The molecule has 9 nitrogen and oxygen atoms in total. The molecule has 1 aromatic heterocycles. The number of aliphatic hydroxyl groups excluding tert-OH is 1. The average Bonchev–Trinajstić information content (AvgIpc) is 3.05. The van der Waals surface area contributed by atoms with Gasteiger partial charge in [0.05, 0.1) is 35.6 Å². The fourth-order valence-corrected chi connectivity index (χ4v) is 3.89. The van der Waals surface area contributed by atoms with Crippen molar-refractivity contribution < 1.29 is 19.1 Å². The predicted octanol–water partition coefficient (Wildman–Crippen LogP) is 2.48. The number of halogens is 2. The third-order valence-electron chi connectivity index (χ3n) is 5.42. The number of hydrazone groups is 1. The number of urea groups is 1. The SMILES string of the molecule is CCC(O)C1=NN(C)C(=O)c2c3c(nn2C1)CCN(C(=O)Nc1ccc(F)c(Cl)c1)C3. The second kappa shape index (κ2) is 8.27. The van der Waals surface area contributed by atoms with Gasteiger partial charge < -0.3 is 15.3 Å². The summed E-state index contributed by atoms with van der Waals surface area (Å²) < 4.78 is 14.9. The highest BCUT2D eigenvalue weighted by atomic mass is 35.5. The number of benzene rings is 1. The summed E-state index contributed by atoms with van der Waals surface area (Å²) in [6.45, 7) is 2.64. The predicted molar refractivity (Wildman–Crippen MR) is 113 cm³/mol. The van der Waals surface area contributed by atoms with Crippen LogP contribution >= 0.6 is 11.6 Å². The van der Waals surface area contributed by atoms with Crippen molar-refractivity contribution >= 4 is 34.9 Å². The Labute approximate surface area is 183 Å². The summed E-state index contributed by atoms with van der Waals surface area (Å²) in [6, 6.07) is 3.56. The summed E-state index contributed by atoms with van der Waals surface area (Å²) >= 11 is 5.78. The maximum Gasteiger partial charge on any atom is 0.322 e. The Morgan fingerprint density at radius 1 is 1.39 bits per heavy atom. The van der Waals surface area contributed by atoms with E-state index in [1.807, 2.05) is 6.92 Å². The van der Waals surface area contributed by atoms with E-state index in [0.717, 1.165) is 5.69 Å². The molecule has 4 rings (SSSR count). The number of hydrogen-bond acceptors (Lipinski definition) is 5. The largest absolute Gasteiger partial charge is 0.387 e. The Balaban J connectivity index is 1.58. The molecule has 0 spiro atoms. The molecule has 3 amide bonds. The smallest absolute Gasteiger partial charge is 0.322 e. The van der Waals surface area contributed by atoms with E-state index in [2.05, 4.69) is 15.5 Å². The van der Waals surface area contributed by atoms with Crippen molar-refractivity contribution in [3.63, 3.8) is 0 Å². The zero-order chi connectivity index (χ0) is 22.3. The Morgan fingerprint density at radius 3 is 2.87 bits per heavy atom. The van der Waals surface area contributed by atoms with Gasteiger partial charge in [0, 0.05) is 31.3 Å². The van der Waals surface area contributed by atoms with E-state index in [0.29, 0.717) is 42.0 Å². The van der Waals surface area contributed by atoms with Gasteiger partial charge >= 0.3 is 6.03 Å². The first-order valence-electron chi connectivity index (χ1n) is 9.91. The second-order valence-electron chi connectivity index (χ2n) is 7.51. The Morgan fingerprint density at radius 2 is 2.16 bits per heavy atom. The first kappa shape index (κ1) is 21.3. The minimum Gasteiger partial charge on any atom is -0.387 e. The molecule has 31 heavy (non-hydrogen) atoms. The van der Waals surface area contributed by atoms with Crippen LogP contribution in [0.3, 0.4) is 0 Å². The van der Waals surface area contributed by atoms with Crippen LogP contribution < -0.4 is 5.32 Å². The molecule has 2 N–H and O–H groups in total. The molecule has 0 bridgehead atoms. The Kier molecular flexibility index (Phi) is 5.67. The van der Waals surface area contributed by atoms with Gasteiger partial charge in [0.1, 0.15) is 11.5 Å². The Hall–Kier alpha value is -2.98. The van der Waals surface area contributed by atoms with E-state index in [4.69, 9.17) is 11.6 Å². The van der Waals surface area contributed by atoms with Crippen LogP contribution in [-0.4, -0.2) is 62.1 Å². The third-order valence-corrected chi connectivity index (χ3v) is 5.71. The molecule has 1 aromatic carbocycles. The molecule has 2 aliphatic heterocycles. The number of amides is 3. The molecule has 0 radical (unpaired) electrons. The highest BCUT2D eigenvalue weighted by Gasteiger charge is 2.34. The van der Waals surface area contributed by atoms with Crippen molar-refractivity contribution in [3.8, 4) is 0 Å². The molecule has 0 saturated heterocycles. The highest BCUT2D eigenvalue weighted by Crippen LogP contribution is 2.26. The number of hydrogen-bond donors (Lipinski definition) is 2. The van der Waals surface area contributed by atoms with Gasteiger partial charge in [0.15, 0.2) is 0 Å². The standard InChI is InChI=1S/C20H22ClFN6O3/c1-3-17(29)16-10-28-18(19(30)26(2)24-16)12-9-27(7-6-15(12)25-28)20(31)23-11-4-5-14(22)13(21)8-11/h4-5,8,17,29H,3,6-7,9-10H2,1-2H3,(H,23,31). The van der Waals surface area contributed by atoms with Gasteiger partial charge in [-0.1, -0.05) is 18.5 Å². The summed E-state index contributed by atoms with van der Waals surface area (Å²) in [7, 11) is 1.53. The first-order chi connectivity index (χ1) is 14.8. The zero-order valence-electron chi connectivity index (χ0n) is 17.1. The minimum absolute atomic E-state index is 0.0839.